The number of carboxylic acid groups (broad SMARTS) is 1. The first-order valence-electron chi connectivity index (χ1n) is 9.62. The van der Waals surface area contributed by atoms with Gasteiger partial charge in [0.05, 0.1) is 0 Å². The highest BCUT2D eigenvalue weighted by molar-refractivity contribution is 5.88. The van der Waals surface area contributed by atoms with Crippen LogP contribution in [0, 0.1) is 0 Å². The van der Waals surface area contributed by atoms with Gasteiger partial charge in [-0.15, -0.1) is 0 Å². The molecular weight excluding hydrogens is 372 g/mol. The summed E-state index contributed by atoms with van der Waals surface area (Å²) in [7, 11) is 0. The zero-order valence-electron chi connectivity index (χ0n) is 16.2. The highest BCUT2D eigenvalue weighted by atomic mass is 16.5. The Labute approximate surface area is 169 Å². The molecule has 2 aromatic rings. The lowest BCUT2D eigenvalue weighted by atomic mass is 9.98. The Balaban J connectivity index is 1.64. The molecule has 0 aliphatic heterocycles. The van der Waals surface area contributed by atoms with Gasteiger partial charge >= 0.3 is 12.1 Å². The second-order valence-corrected chi connectivity index (χ2v) is 6.92. The summed E-state index contributed by atoms with van der Waals surface area (Å²) >= 11 is 0. The van der Waals surface area contributed by atoms with Gasteiger partial charge in [0, 0.05) is 5.92 Å². The number of alkyl carbamates (subject to hydrolysis) is 1. The molecule has 0 radical (unpaired) electrons. The van der Waals surface area contributed by atoms with E-state index in [4.69, 9.17) is 9.84 Å². The van der Waals surface area contributed by atoms with E-state index in [1.165, 1.54) is 0 Å². The molecule has 0 spiro atoms. The zero-order chi connectivity index (χ0) is 20.8. The van der Waals surface area contributed by atoms with E-state index in [0.29, 0.717) is 12.8 Å². The number of amides is 2. The van der Waals surface area contributed by atoms with E-state index in [9.17, 15) is 14.4 Å². The molecule has 0 heterocycles. The maximum atomic E-state index is 12.3. The van der Waals surface area contributed by atoms with Crippen molar-refractivity contribution in [3.63, 3.8) is 0 Å². The molecule has 0 saturated carbocycles. The van der Waals surface area contributed by atoms with Crippen LogP contribution in [-0.4, -0.2) is 42.3 Å². The van der Waals surface area contributed by atoms with Crippen LogP contribution in [0.2, 0.25) is 0 Å². The average Bonchev–Trinajstić information content (AvgIpc) is 3.04. The molecule has 0 bridgehead atoms. The SMILES string of the molecule is CCC[C@H](NC(=O)OCC1c2ccccc2-c2ccccc21)C(=O)NCC(=O)O. The van der Waals surface area contributed by atoms with Gasteiger partial charge in [0.15, 0.2) is 0 Å². The summed E-state index contributed by atoms with van der Waals surface area (Å²) in [5, 5.41) is 13.5. The molecule has 1 aliphatic rings. The number of rotatable bonds is 8. The van der Waals surface area contributed by atoms with E-state index >= 15 is 0 Å². The molecule has 3 N–H and O–H groups in total. The third-order valence-electron chi connectivity index (χ3n) is 4.94. The van der Waals surface area contributed by atoms with Gasteiger partial charge in [0.1, 0.15) is 19.2 Å². The maximum absolute atomic E-state index is 12.3. The van der Waals surface area contributed by atoms with Gasteiger partial charge in [-0.2, -0.15) is 0 Å². The van der Waals surface area contributed by atoms with Crippen molar-refractivity contribution in [1.82, 2.24) is 10.6 Å². The van der Waals surface area contributed by atoms with Crippen molar-refractivity contribution >= 4 is 18.0 Å². The number of fused-ring (bicyclic) bond motifs is 3. The molecule has 0 saturated heterocycles. The molecule has 0 unspecified atom stereocenters. The molecule has 1 atom stereocenters. The van der Waals surface area contributed by atoms with E-state index in [0.717, 1.165) is 22.3 Å². The fourth-order valence-corrected chi connectivity index (χ4v) is 3.63. The van der Waals surface area contributed by atoms with Crippen LogP contribution in [-0.2, 0) is 14.3 Å². The Morgan fingerprint density at radius 3 is 2.17 bits per heavy atom. The molecule has 0 fully saturated rings. The van der Waals surface area contributed by atoms with Crippen molar-refractivity contribution in [1.29, 1.82) is 0 Å². The van der Waals surface area contributed by atoms with Crippen LogP contribution in [0.25, 0.3) is 11.1 Å². The van der Waals surface area contributed by atoms with Crippen molar-refractivity contribution in [3.05, 3.63) is 59.7 Å². The predicted molar refractivity (Wildman–Crippen MR) is 108 cm³/mol. The summed E-state index contributed by atoms with van der Waals surface area (Å²) in [5.41, 5.74) is 4.47. The van der Waals surface area contributed by atoms with E-state index in [-0.39, 0.29) is 12.5 Å². The summed E-state index contributed by atoms with van der Waals surface area (Å²) in [6.07, 6.45) is 0.334. The smallest absolute Gasteiger partial charge is 0.407 e. The van der Waals surface area contributed by atoms with Gasteiger partial charge in [0.25, 0.3) is 0 Å². The third-order valence-corrected chi connectivity index (χ3v) is 4.94. The highest BCUT2D eigenvalue weighted by Crippen LogP contribution is 2.44. The lowest BCUT2D eigenvalue weighted by Gasteiger charge is -2.19. The zero-order valence-corrected chi connectivity index (χ0v) is 16.2. The molecule has 3 rings (SSSR count). The minimum atomic E-state index is -1.14. The van der Waals surface area contributed by atoms with Gasteiger partial charge in [-0.1, -0.05) is 61.9 Å². The fourth-order valence-electron chi connectivity index (χ4n) is 3.63. The number of nitrogens with one attached hydrogen (secondary N) is 2. The van der Waals surface area contributed by atoms with Crippen molar-refractivity contribution < 1.29 is 24.2 Å². The number of carbonyl (C=O) groups excluding carboxylic acids is 2. The summed E-state index contributed by atoms with van der Waals surface area (Å²) in [4.78, 5) is 35.1. The van der Waals surface area contributed by atoms with Crippen molar-refractivity contribution in [2.24, 2.45) is 0 Å². The van der Waals surface area contributed by atoms with Gasteiger partial charge in [0.2, 0.25) is 5.91 Å². The van der Waals surface area contributed by atoms with Crippen LogP contribution in [0.5, 0.6) is 0 Å². The number of carbonyl (C=O) groups is 3. The number of hydrogen-bond acceptors (Lipinski definition) is 4. The molecule has 0 aromatic heterocycles. The second-order valence-electron chi connectivity index (χ2n) is 6.92. The van der Waals surface area contributed by atoms with Gasteiger partial charge < -0.3 is 20.5 Å². The normalized spacial score (nSPS) is 13.1. The largest absolute Gasteiger partial charge is 0.480 e. The molecule has 2 aromatic carbocycles. The number of benzene rings is 2. The van der Waals surface area contributed by atoms with Crippen LogP contribution in [0.15, 0.2) is 48.5 Å². The predicted octanol–water partition coefficient (Wildman–Crippen LogP) is 2.89. The van der Waals surface area contributed by atoms with E-state index in [2.05, 4.69) is 22.8 Å². The van der Waals surface area contributed by atoms with E-state index in [1.807, 2.05) is 43.3 Å². The number of hydrogen-bond donors (Lipinski definition) is 3. The fraction of sp³-hybridized carbons (Fsp3) is 0.318. The molecule has 152 valence electrons. The van der Waals surface area contributed by atoms with Crippen molar-refractivity contribution in [2.75, 3.05) is 13.2 Å². The first kappa shape index (κ1) is 20.4. The van der Waals surface area contributed by atoms with Gasteiger partial charge in [-0.05, 0) is 28.7 Å². The lowest BCUT2D eigenvalue weighted by molar-refractivity contribution is -0.138. The van der Waals surface area contributed by atoms with E-state index in [1.54, 1.807) is 0 Å². The minimum absolute atomic E-state index is 0.0707. The number of aliphatic carboxylic acids is 1. The first-order chi connectivity index (χ1) is 14.0. The summed E-state index contributed by atoms with van der Waals surface area (Å²) in [6, 6.07) is 15.2. The first-order valence-corrected chi connectivity index (χ1v) is 9.62. The lowest BCUT2D eigenvalue weighted by Crippen LogP contribution is -2.48. The van der Waals surface area contributed by atoms with Crippen LogP contribution < -0.4 is 10.6 Å². The maximum Gasteiger partial charge on any atom is 0.407 e. The standard InChI is InChI=1S/C22H24N2O5/c1-2-7-19(21(27)23-12-20(25)26)24-22(28)29-13-18-16-10-5-3-8-14(16)15-9-4-6-11-17(15)18/h3-6,8-11,18-19H,2,7,12-13H2,1H3,(H,23,27)(H,24,28)(H,25,26)/t19-/m0/s1. The average molecular weight is 396 g/mol. The number of ether oxygens (including phenoxy) is 1. The number of carboxylic acids is 1. The van der Waals surface area contributed by atoms with Crippen molar-refractivity contribution in [2.45, 2.75) is 31.7 Å². The van der Waals surface area contributed by atoms with Crippen LogP contribution in [0.1, 0.15) is 36.8 Å². The quantitative estimate of drug-likeness (QED) is 0.636. The topological polar surface area (TPSA) is 105 Å². The second kappa shape index (κ2) is 9.23. The summed E-state index contributed by atoms with van der Waals surface area (Å²) < 4.78 is 5.45. The summed E-state index contributed by atoms with van der Waals surface area (Å²) in [5.74, 6) is -1.75. The third kappa shape index (κ3) is 4.74. The highest BCUT2D eigenvalue weighted by Gasteiger charge is 2.29. The van der Waals surface area contributed by atoms with Gasteiger partial charge in [-0.3, -0.25) is 9.59 Å². The Kier molecular flexibility index (Phi) is 6.49. The molecule has 1 aliphatic carbocycles. The summed E-state index contributed by atoms with van der Waals surface area (Å²) in [6.45, 7) is 1.53. The monoisotopic (exact) mass is 396 g/mol. The Morgan fingerprint density at radius 2 is 1.62 bits per heavy atom. The Morgan fingerprint density at radius 1 is 1.03 bits per heavy atom. The van der Waals surface area contributed by atoms with Crippen LogP contribution >= 0.6 is 0 Å². The Hall–Kier alpha value is -3.35. The van der Waals surface area contributed by atoms with Crippen molar-refractivity contribution in [3.8, 4) is 11.1 Å². The molecule has 7 nitrogen and oxygen atoms in total. The molecule has 2 amide bonds. The van der Waals surface area contributed by atoms with Crippen LogP contribution in [0.4, 0.5) is 4.79 Å². The minimum Gasteiger partial charge on any atom is -0.480 e. The van der Waals surface area contributed by atoms with Gasteiger partial charge in [-0.25, -0.2) is 4.79 Å². The van der Waals surface area contributed by atoms with Crippen LogP contribution in [0.3, 0.4) is 0 Å². The molecule has 7 heteroatoms. The van der Waals surface area contributed by atoms with E-state index < -0.39 is 30.6 Å². The Bertz CT molecular complexity index is 866. The molecule has 29 heavy (non-hydrogen) atoms. The molecular formula is C22H24N2O5.